The largest absolute Gasteiger partial charge is 0.508 e. The monoisotopic (exact) mass is 435 g/mol. The molecular formula is C24H22FN3O4. The van der Waals surface area contributed by atoms with Crippen molar-refractivity contribution in [3.8, 4) is 5.75 Å². The van der Waals surface area contributed by atoms with Crippen LogP contribution in [0.25, 0.3) is 0 Å². The molecule has 2 amide bonds. The number of nitrogens with zero attached hydrogens (tertiary/aromatic N) is 1. The van der Waals surface area contributed by atoms with E-state index in [1.807, 2.05) is 4.90 Å². The number of aromatic hydroxyl groups is 1. The van der Waals surface area contributed by atoms with Crippen molar-refractivity contribution in [2.45, 2.75) is 0 Å². The van der Waals surface area contributed by atoms with E-state index >= 15 is 0 Å². The van der Waals surface area contributed by atoms with Gasteiger partial charge in [0, 0.05) is 41.3 Å². The molecule has 164 valence electrons. The number of carbonyl (C=O) groups excluding carboxylic acids is 2. The molecule has 3 N–H and O–H groups in total. The molecule has 1 saturated heterocycles. The summed E-state index contributed by atoms with van der Waals surface area (Å²) in [5, 5.41) is 15.0. The topological polar surface area (TPSA) is 90.9 Å². The maximum atomic E-state index is 14.2. The summed E-state index contributed by atoms with van der Waals surface area (Å²) < 4.78 is 19.5. The molecule has 0 bridgehead atoms. The number of amides is 2. The lowest BCUT2D eigenvalue weighted by Gasteiger charge is -2.29. The number of carbonyl (C=O) groups is 2. The first-order chi connectivity index (χ1) is 15.5. The van der Waals surface area contributed by atoms with Gasteiger partial charge in [0.2, 0.25) is 0 Å². The number of benzene rings is 3. The highest BCUT2D eigenvalue weighted by atomic mass is 19.1. The average Bonchev–Trinajstić information content (AvgIpc) is 2.79. The van der Waals surface area contributed by atoms with Crippen LogP contribution < -0.4 is 15.5 Å². The molecule has 3 aromatic carbocycles. The van der Waals surface area contributed by atoms with E-state index < -0.39 is 17.6 Å². The van der Waals surface area contributed by atoms with Crippen molar-refractivity contribution in [3.05, 3.63) is 83.7 Å². The van der Waals surface area contributed by atoms with Crippen LogP contribution in [-0.2, 0) is 4.74 Å². The van der Waals surface area contributed by atoms with Crippen LogP contribution in [0, 0.1) is 5.82 Å². The Morgan fingerprint density at radius 3 is 2.22 bits per heavy atom. The summed E-state index contributed by atoms with van der Waals surface area (Å²) in [6, 6.07) is 16.8. The highest BCUT2D eigenvalue weighted by Crippen LogP contribution is 2.24. The molecule has 1 fully saturated rings. The van der Waals surface area contributed by atoms with E-state index in [2.05, 4.69) is 10.6 Å². The Kier molecular flexibility index (Phi) is 6.32. The van der Waals surface area contributed by atoms with Gasteiger partial charge in [0.05, 0.1) is 13.2 Å². The Hall–Kier alpha value is -3.91. The number of hydrogen-bond donors (Lipinski definition) is 3. The van der Waals surface area contributed by atoms with Crippen molar-refractivity contribution < 1.29 is 23.8 Å². The van der Waals surface area contributed by atoms with E-state index in [0.29, 0.717) is 48.9 Å². The van der Waals surface area contributed by atoms with Gasteiger partial charge in [0.15, 0.2) is 0 Å². The van der Waals surface area contributed by atoms with Gasteiger partial charge in [0.1, 0.15) is 11.6 Å². The molecule has 0 aromatic heterocycles. The van der Waals surface area contributed by atoms with Crippen LogP contribution in [0.4, 0.5) is 21.5 Å². The normalized spacial score (nSPS) is 13.5. The van der Waals surface area contributed by atoms with Gasteiger partial charge >= 0.3 is 0 Å². The van der Waals surface area contributed by atoms with Gasteiger partial charge < -0.3 is 25.4 Å². The summed E-state index contributed by atoms with van der Waals surface area (Å²) in [4.78, 5) is 27.1. The van der Waals surface area contributed by atoms with E-state index in [-0.39, 0.29) is 11.3 Å². The van der Waals surface area contributed by atoms with Crippen molar-refractivity contribution in [1.29, 1.82) is 0 Å². The molecule has 0 aliphatic carbocycles. The average molecular weight is 435 g/mol. The van der Waals surface area contributed by atoms with Crippen molar-refractivity contribution in [3.63, 3.8) is 0 Å². The predicted molar refractivity (Wildman–Crippen MR) is 120 cm³/mol. The molecule has 3 aromatic rings. The number of nitrogens with one attached hydrogen (secondary N) is 2. The maximum absolute atomic E-state index is 14.2. The molecule has 0 saturated carbocycles. The number of halogens is 1. The third-order valence-corrected chi connectivity index (χ3v) is 5.01. The number of hydrogen-bond acceptors (Lipinski definition) is 5. The molecule has 0 spiro atoms. The first-order valence-electron chi connectivity index (χ1n) is 10.1. The lowest BCUT2D eigenvalue weighted by molar-refractivity contribution is 0.101. The van der Waals surface area contributed by atoms with Crippen LogP contribution in [0.3, 0.4) is 0 Å². The second-order valence-corrected chi connectivity index (χ2v) is 7.34. The maximum Gasteiger partial charge on any atom is 0.255 e. The summed E-state index contributed by atoms with van der Waals surface area (Å²) in [7, 11) is 0. The van der Waals surface area contributed by atoms with Gasteiger partial charge in [0.25, 0.3) is 11.8 Å². The summed E-state index contributed by atoms with van der Waals surface area (Å²) in [6.07, 6.45) is 0. The fraction of sp³-hybridized carbons (Fsp3) is 0.167. The molecule has 0 radical (unpaired) electrons. The Morgan fingerprint density at radius 2 is 1.50 bits per heavy atom. The Bertz CT molecular complexity index is 1150. The van der Waals surface area contributed by atoms with Crippen molar-refractivity contribution in [2.24, 2.45) is 0 Å². The van der Waals surface area contributed by atoms with Crippen LogP contribution in [0.1, 0.15) is 20.7 Å². The minimum absolute atomic E-state index is 0.0164. The SMILES string of the molecule is O=C(Nc1cccc(C(=O)Nc2cc(F)cc(N3CCOCC3)c2)c1)c1cccc(O)c1. The van der Waals surface area contributed by atoms with E-state index in [9.17, 15) is 19.1 Å². The third-order valence-electron chi connectivity index (χ3n) is 5.01. The smallest absolute Gasteiger partial charge is 0.255 e. The molecule has 4 rings (SSSR count). The van der Waals surface area contributed by atoms with Crippen molar-refractivity contribution >= 4 is 28.9 Å². The molecule has 0 unspecified atom stereocenters. The van der Waals surface area contributed by atoms with E-state index in [1.165, 1.54) is 30.3 Å². The molecule has 1 aliphatic rings. The highest BCUT2D eigenvalue weighted by Gasteiger charge is 2.15. The minimum Gasteiger partial charge on any atom is -0.508 e. The van der Waals surface area contributed by atoms with Crippen LogP contribution >= 0.6 is 0 Å². The summed E-state index contributed by atoms with van der Waals surface area (Å²) in [5.74, 6) is -1.32. The van der Waals surface area contributed by atoms with Crippen LogP contribution in [-0.4, -0.2) is 43.2 Å². The lowest BCUT2D eigenvalue weighted by atomic mass is 10.1. The zero-order chi connectivity index (χ0) is 22.5. The van der Waals surface area contributed by atoms with Gasteiger partial charge in [-0.15, -0.1) is 0 Å². The van der Waals surface area contributed by atoms with Crippen molar-refractivity contribution in [2.75, 3.05) is 41.8 Å². The second kappa shape index (κ2) is 9.49. The number of phenols is 1. The zero-order valence-corrected chi connectivity index (χ0v) is 17.2. The fourth-order valence-electron chi connectivity index (χ4n) is 3.44. The van der Waals surface area contributed by atoms with Gasteiger partial charge in [-0.1, -0.05) is 12.1 Å². The Labute approximate surface area is 184 Å². The van der Waals surface area contributed by atoms with Crippen LogP contribution in [0.15, 0.2) is 66.7 Å². The molecule has 1 aliphatic heterocycles. The predicted octanol–water partition coefficient (Wildman–Crippen LogP) is 3.87. The number of ether oxygens (including phenoxy) is 1. The summed E-state index contributed by atoms with van der Waals surface area (Å²) in [5.41, 5.74) is 2.02. The first-order valence-corrected chi connectivity index (χ1v) is 10.1. The Morgan fingerprint density at radius 1 is 0.844 bits per heavy atom. The van der Waals surface area contributed by atoms with E-state index in [4.69, 9.17) is 4.74 Å². The van der Waals surface area contributed by atoms with Gasteiger partial charge in [-0.3, -0.25) is 9.59 Å². The molecule has 7 nitrogen and oxygen atoms in total. The summed E-state index contributed by atoms with van der Waals surface area (Å²) >= 11 is 0. The molecule has 0 atom stereocenters. The fourth-order valence-corrected chi connectivity index (χ4v) is 3.44. The standard InChI is InChI=1S/C24H22FN3O4/c25-18-13-20(15-21(14-18)28-7-9-32-10-8-28)27-23(30)16-3-1-5-19(11-16)26-24(31)17-4-2-6-22(29)12-17/h1-6,11-15,29H,7-10H2,(H,26,31)(H,27,30). The summed E-state index contributed by atoms with van der Waals surface area (Å²) in [6.45, 7) is 2.44. The lowest BCUT2D eigenvalue weighted by Crippen LogP contribution is -2.36. The van der Waals surface area contributed by atoms with Crippen LogP contribution in [0.2, 0.25) is 0 Å². The molecular weight excluding hydrogens is 413 g/mol. The quantitative estimate of drug-likeness (QED) is 0.566. The minimum atomic E-state index is -0.448. The molecule has 32 heavy (non-hydrogen) atoms. The van der Waals surface area contributed by atoms with Gasteiger partial charge in [-0.25, -0.2) is 4.39 Å². The Balaban J connectivity index is 1.47. The second-order valence-electron chi connectivity index (χ2n) is 7.34. The van der Waals surface area contributed by atoms with E-state index in [0.717, 1.165) is 0 Å². The van der Waals surface area contributed by atoms with E-state index in [1.54, 1.807) is 36.4 Å². The van der Waals surface area contributed by atoms with Crippen molar-refractivity contribution in [1.82, 2.24) is 0 Å². The highest BCUT2D eigenvalue weighted by molar-refractivity contribution is 6.07. The number of anilines is 3. The third kappa shape index (κ3) is 5.22. The number of rotatable bonds is 5. The molecule has 8 heteroatoms. The van der Waals surface area contributed by atoms with Gasteiger partial charge in [-0.05, 0) is 54.6 Å². The van der Waals surface area contributed by atoms with Crippen LogP contribution in [0.5, 0.6) is 5.75 Å². The molecule has 1 heterocycles. The zero-order valence-electron chi connectivity index (χ0n) is 17.2. The van der Waals surface area contributed by atoms with Gasteiger partial charge in [-0.2, -0.15) is 0 Å². The number of phenolic OH excluding ortho intramolecular Hbond substituents is 1. The first kappa shape index (κ1) is 21.3. The number of morpholine rings is 1.